The highest BCUT2D eigenvalue weighted by Gasteiger charge is 2.34. The van der Waals surface area contributed by atoms with Crippen molar-refractivity contribution in [2.75, 3.05) is 0 Å². The summed E-state index contributed by atoms with van der Waals surface area (Å²) >= 11 is 2.06. The van der Waals surface area contributed by atoms with Crippen LogP contribution in [-0.2, 0) is 0 Å². The van der Waals surface area contributed by atoms with Crippen LogP contribution in [0.3, 0.4) is 0 Å². The normalized spacial score (nSPS) is 13.2. The van der Waals surface area contributed by atoms with Crippen LogP contribution >= 0.6 is 23.5 Å². The molecule has 1 aliphatic carbocycles. The predicted octanol–water partition coefficient (Wildman–Crippen LogP) is 0.601. The summed E-state index contributed by atoms with van der Waals surface area (Å²) in [7, 11) is 0. The minimum atomic E-state index is -0.150. The highest BCUT2D eigenvalue weighted by atomic mass is 32.1. The minimum absolute atomic E-state index is 0.150. The average Bonchev–Trinajstić information content (AvgIpc) is 2.72. The number of hydrogen-bond acceptors (Lipinski definition) is 7. The Morgan fingerprint density at radius 2 is 1.17 bits per heavy atom. The molecule has 2 aromatic rings. The summed E-state index contributed by atoms with van der Waals surface area (Å²) in [4.78, 5) is 11.4. The van der Waals surface area contributed by atoms with Crippen molar-refractivity contribution in [3.8, 4) is 11.4 Å². The molecule has 0 bridgehead atoms. The topological polar surface area (TPSA) is 68.6 Å². The number of carbonyl (C=O) groups excluding carboxylic acids is 1. The fourth-order valence-corrected chi connectivity index (χ4v) is 2.19. The number of fused-ring (bicyclic) bond motifs is 3. The van der Waals surface area contributed by atoms with Crippen molar-refractivity contribution in [3.05, 3.63) is 11.4 Å². The molecule has 0 spiro atoms. The number of nitrogens with zero attached hydrogens (tertiary/aromatic N) is 4. The lowest BCUT2D eigenvalue weighted by Crippen LogP contribution is -1.95. The lowest BCUT2D eigenvalue weighted by molar-refractivity contribution is 0.103. The van der Waals surface area contributed by atoms with E-state index in [1.807, 2.05) is 0 Å². The van der Waals surface area contributed by atoms with E-state index < -0.39 is 0 Å². The molecule has 0 fully saturated rings. The van der Waals surface area contributed by atoms with Crippen molar-refractivity contribution in [1.29, 1.82) is 0 Å². The summed E-state index contributed by atoms with van der Waals surface area (Å²) in [6.07, 6.45) is 0. The van der Waals surface area contributed by atoms with Crippen LogP contribution in [0.4, 0.5) is 0 Å². The molecule has 0 aliphatic heterocycles. The van der Waals surface area contributed by atoms with Crippen molar-refractivity contribution in [2.45, 2.75) is 0 Å². The third-order valence-electron chi connectivity index (χ3n) is 1.63. The van der Waals surface area contributed by atoms with Crippen LogP contribution in [0.1, 0.15) is 16.2 Å². The van der Waals surface area contributed by atoms with Crippen LogP contribution in [0.5, 0.6) is 0 Å². The second-order valence-corrected chi connectivity index (χ2v) is 3.31. The van der Waals surface area contributed by atoms with Gasteiger partial charge in [0.2, 0.25) is 5.78 Å². The SMILES string of the molecule is O=C1c2nsnc2-c2nsnc21. The molecule has 0 saturated carbocycles. The van der Waals surface area contributed by atoms with Crippen molar-refractivity contribution < 1.29 is 4.79 Å². The molecule has 12 heavy (non-hydrogen) atoms. The highest BCUT2D eigenvalue weighted by molar-refractivity contribution is 7.00. The quantitative estimate of drug-likeness (QED) is 0.526. The molecule has 5 nitrogen and oxygen atoms in total. The van der Waals surface area contributed by atoms with E-state index in [2.05, 4.69) is 17.5 Å². The van der Waals surface area contributed by atoms with Gasteiger partial charge in [0, 0.05) is 0 Å². The third-order valence-corrected chi connectivity index (χ3v) is 2.69. The lowest BCUT2D eigenvalue weighted by atomic mass is 10.3. The molecule has 2 heterocycles. The summed E-state index contributed by atoms with van der Waals surface area (Å²) in [6.45, 7) is 0. The number of rotatable bonds is 0. The molecule has 0 unspecified atom stereocenters. The largest absolute Gasteiger partial charge is 0.285 e. The van der Waals surface area contributed by atoms with Crippen LogP contribution in [0.2, 0.25) is 0 Å². The molecule has 7 heteroatoms. The Labute approximate surface area is 74.7 Å². The van der Waals surface area contributed by atoms with Gasteiger partial charge in [0.1, 0.15) is 11.4 Å². The van der Waals surface area contributed by atoms with Gasteiger partial charge >= 0.3 is 0 Å². The first kappa shape index (κ1) is 6.32. The van der Waals surface area contributed by atoms with Gasteiger partial charge in [0.15, 0.2) is 11.4 Å². The Hall–Kier alpha value is -1.21. The number of aromatic nitrogens is 4. The fraction of sp³-hybridized carbons (Fsp3) is 0. The molecule has 3 rings (SSSR count). The second-order valence-electron chi connectivity index (χ2n) is 2.25. The van der Waals surface area contributed by atoms with Gasteiger partial charge in [-0.25, -0.2) is 0 Å². The van der Waals surface area contributed by atoms with E-state index in [0.29, 0.717) is 22.8 Å². The van der Waals surface area contributed by atoms with E-state index >= 15 is 0 Å². The van der Waals surface area contributed by atoms with E-state index in [9.17, 15) is 4.79 Å². The van der Waals surface area contributed by atoms with Crippen LogP contribution in [0.25, 0.3) is 11.4 Å². The van der Waals surface area contributed by atoms with Crippen LogP contribution in [-0.4, -0.2) is 23.3 Å². The van der Waals surface area contributed by atoms with Crippen molar-refractivity contribution in [3.63, 3.8) is 0 Å². The summed E-state index contributed by atoms with van der Waals surface area (Å²) in [5.74, 6) is -0.150. The molecule has 0 atom stereocenters. The fourth-order valence-electron chi connectivity index (χ4n) is 1.10. The first-order valence-corrected chi connectivity index (χ1v) is 4.54. The summed E-state index contributed by atoms with van der Waals surface area (Å²) in [6, 6.07) is 0. The molecular formula is C5N4OS2. The van der Waals surface area contributed by atoms with Crippen LogP contribution in [0.15, 0.2) is 0 Å². The van der Waals surface area contributed by atoms with Gasteiger partial charge in [-0.2, -0.15) is 17.5 Å². The standard InChI is InChI=1S/C5N4OS2/c10-5-3-1(6-11-8-3)2-4(5)9-12-7-2. The van der Waals surface area contributed by atoms with Crippen LogP contribution in [0, 0.1) is 0 Å². The Morgan fingerprint density at radius 1 is 0.750 bits per heavy atom. The maximum atomic E-state index is 11.4. The van der Waals surface area contributed by atoms with Crippen molar-refractivity contribution in [1.82, 2.24) is 17.5 Å². The zero-order valence-corrected chi connectivity index (χ0v) is 7.15. The van der Waals surface area contributed by atoms with Gasteiger partial charge in [-0.1, -0.05) is 0 Å². The van der Waals surface area contributed by atoms with Crippen LogP contribution < -0.4 is 0 Å². The number of carbonyl (C=O) groups is 1. The summed E-state index contributed by atoms with van der Waals surface area (Å²) < 4.78 is 15.7. The molecule has 1 aliphatic rings. The maximum Gasteiger partial charge on any atom is 0.236 e. The second kappa shape index (κ2) is 1.93. The zero-order chi connectivity index (χ0) is 8.13. The Morgan fingerprint density at radius 3 is 1.67 bits per heavy atom. The van der Waals surface area contributed by atoms with Gasteiger partial charge in [-0.05, 0) is 0 Å². The van der Waals surface area contributed by atoms with Gasteiger partial charge in [0.05, 0.1) is 23.5 Å². The molecule has 0 radical (unpaired) electrons. The zero-order valence-electron chi connectivity index (χ0n) is 5.51. The first-order chi connectivity index (χ1) is 5.88. The van der Waals surface area contributed by atoms with E-state index in [0.717, 1.165) is 23.5 Å². The van der Waals surface area contributed by atoms with E-state index in [-0.39, 0.29) is 5.78 Å². The summed E-state index contributed by atoms with van der Waals surface area (Å²) in [5.41, 5.74) is 1.98. The Bertz CT molecular complexity index is 431. The summed E-state index contributed by atoms with van der Waals surface area (Å²) in [5, 5.41) is 0. The highest BCUT2D eigenvalue weighted by Crippen LogP contribution is 2.32. The molecular weight excluding hydrogens is 196 g/mol. The van der Waals surface area contributed by atoms with E-state index in [1.54, 1.807) is 0 Å². The first-order valence-electron chi connectivity index (χ1n) is 3.08. The minimum Gasteiger partial charge on any atom is -0.285 e. The number of ketones is 1. The van der Waals surface area contributed by atoms with E-state index in [1.165, 1.54) is 0 Å². The Kier molecular flexibility index (Phi) is 1.02. The smallest absolute Gasteiger partial charge is 0.236 e. The van der Waals surface area contributed by atoms with Gasteiger partial charge < -0.3 is 0 Å². The van der Waals surface area contributed by atoms with Crippen molar-refractivity contribution in [2.24, 2.45) is 0 Å². The molecule has 58 valence electrons. The van der Waals surface area contributed by atoms with Gasteiger partial charge in [-0.15, -0.1) is 0 Å². The number of hydrogen-bond donors (Lipinski definition) is 0. The molecule has 0 N–H and O–H groups in total. The maximum absolute atomic E-state index is 11.4. The molecule has 0 aromatic carbocycles. The lowest BCUT2D eigenvalue weighted by Gasteiger charge is -1.78. The molecule has 2 aromatic heterocycles. The predicted molar refractivity (Wildman–Crippen MR) is 42.2 cm³/mol. The van der Waals surface area contributed by atoms with Crippen molar-refractivity contribution >= 4 is 29.2 Å². The third kappa shape index (κ3) is 0.563. The van der Waals surface area contributed by atoms with Gasteiger partial charge in [-0.3, -0.25) is 4.79 Å². The van der Waals surface area contributed by atoms with Gasteiger partial charge in [0.25, 0.3) is 0 Å². The average molecular weight is 196 g/mol. The van der Waals surface area contributed by atoms with E-state index in [4.69, 9.17) is 0 Å². The monoisotopic (exact) mass is 196 g/mol. The Balaban J connectivity index is 2.47. The molecule has 0 saturated heterocycles. The molecule has 0 amide bonds.